The number of thiophene rings is 1. The zero-order valence-electron chi connectivity index (χ0n) is 17.2. The summed E-state index contributed by atoms with van der Waals surface area (Å²) in [4.78, 5) is 26.9. The summed E-state index contributed by atoms with van der Waals surface area (Å²) in [7, 11) is -0.574. The van der Waals surface area contributed by atoms with Crippen molar-refractivity contribution in [1.82, 2.24) is 14.5 Å². The minimum absolute atomic E-state index is 0.126. The van der Waals surface area contributed by atoms with Crippen LogP contribution in [0.4, 0.5) is 10.5 Å². The van der Waals surface area contributed by atoms with Gasteiger partial charge in [0.1, 0.15) is 10.8 Å². The molecule has 0 saturated heterocycles. The summed E-state index contributed by atoms with van der Waals surface area (Å²) >= 11 is 7.06. The molecule has 30 heavy (non-hydrogen) atoms. The molecule has 8 nitrogen and oxygen atoms in total. The van der Waals surface area contributed by atoms with Crippen LogP contribution < -0.4 is 10.6 Å². The smallest absolute Gasteiger partial charge is 0.318 e. The summed E-state index contributed by atoms with van der Waals surface area (Å²) in [5.41, 5.74) is 1.46. The number of halogens is 1. The molecule has 2 rings (SSSR count). The molecule has 0 saturated carbocycles. The number of likely N-dealkylation sites (N-methyl/N-ethyl adjacent to an activating group) is 1. The number of rotatable bonds is 8. The Bertz CT molecular complexity index is 1020. The van der Waals surface area contributed by atoms with E-state index < -0.39 is 16.1 Å². The lowest BCUT2D eigenvalue weighted by Gasteiger charge is -2.21. The van der Waals surface area contributed by atoms with Crippen LogP contribution in [-0.4, -0.2) is 56.7 Å². The monoisotopic (exact) mass is 472 g/mol. The largest absolute Gasteiger partial charge is 0.333 e. The van der Waals surface area contributed by atoms with Crippen LogP contribution in [0.5, 0.6) is 0 Å². The number of hydrogen-bond acceptors (Lipinski definition) is 5. The third-order valence-corrected chi connectivity index (χ3v) is 7.87. The predicted octanol–water partition coefficient (Wildman–Crippen LogP) is 3.13. The number of nitrogens with zero attached hydrogens (tertiary/aromatic N) is 2. The highest BCUT2D eigenvalue weighted by atomic mass is 35.5. The molecule has 0 fully saturated rings. The van der Waals surface area contributed by atoms with Gasteiger partial charge in [-0.05, 0) is 43.7 Å². The molecule has 1 aromatic heterocycles. The Morgan fingerprint density at radius 2 is 1.87 bits per heavy atom. The van der Waals surface area contributed by atoms with Gasteiger partial charge in [-0.3, -0.25) is 4.79 Å². The maximum Gasteiger partial charge on any atom is 0.318 e. The Labute approximate surface area is 185 Å². The Morgan fingerprint density at radius 3 is 2.50 bits per heavy atom. The third-order valence-electron chi connectivity index (χ3n) is 4.26. The van der Waals surface area contributed by atoms with Crippen molar-refractivity contribution in [1.29, 1.82) is 0 Å². The molecule has 0 aliphatic heterocycles. The third kappa shape index (κ3) is 6.18. The summed E-state index contributed by atoms with van der Waals surface area (Å²) in [6, 6.07) is 7.94. The van der Waals surface area contributed by atoms with Crippen LogP contribution in [0.25, 0.3) is 0 Å². The van der Waals surface area contributed by atoms with Crippen molar-refractivity contribution >= 4 is 50.6 Å². The van der Waals surface area contributed by atoms with Crippen LogP contribution in [0, 0.1) is 6.92 Å². The summed E-state index contributed by atoms with van der Waals surface area (Å²) in [5.74, 6) is -0.340. The lowest BCUT2D eigenvalue weighted by atomic mass is 10.2. The number of amides is 3. The van der Waals surface area contributed by atoms with Gasteiger partial charge in [0.25, 0.3) is 10.0 Å². The highest BCUT2D eigenvalue weighted by Crippen LogP contribution is 2.23. The molecule has 0 aliphatic rings. The topological polar surface area (TPSA) is 98.8 Å². The molecular weight excluding hydrogens is 448 g/mol. The van der Waals surface area contributed by atoms with Crippen molar-refractivity contribution in [2.75, 3.05) is 32.5 Å². The van der Waals surface area contributed by atoms with Crippen molar-refractivity contribution < 1.29 is 18.0 Å². The number of anilines is 1. The van der Waals surface area contributed by atoms with Gasteiger partial charge in [-0.1, -0.05) is 17.7 Å². The Hall–Kier alpha value is -2.14. The van der Waals surface area contributed by atoms with E-state index in [0.717, 1.165) is 21.2 Å². The van der Waals surface area contributed by atoms with Crippen molar-refractivity contribution in [2.45, 2.75) is 24.6 Å². The second-order valence-corrected chi connectivity index (χ2v) is 10.7. The van der Waals surface area contributed by atoms with E-state index in [1.54, 1.807) is 31.2 Å². The first-order valence-corrected chi connectivity index (χ1v) is 11.8. The number of benzene rings is 1. The molecule has 1 aromatic carbocycles. The molecule has 0 spiro atoms. The molecule has 2 aromatic rings. The van der Waals surface area contributed by atoms with E-state index >= 15 is 0 Å². The van der Waals surface area contributed by atoms with Gasteiger partial charge in [0, 0.05) is 36.2 Å². The van der Waals surface area contributed by atoms with Gasteiger partial charge in [-0.15, -0.1) is 11.3 Å². The summed E-state index contributed by atoms with van der Waals surface area (Å²) in [6.45, 7) is 3.99. The van der Waals surface area contributed by atoms with E-state index in [1.807, 2.05) is 6.92 Å². The molecule has 0 unspecified atom stereocenters. The summed E-state index contributed by atoms with van der Waals surface area (Å²) < 4.78 is 25.6. The van der Waals surface area contributed by atoms with Crippen molar-refractivity contribution in [3.63, 3.8) is 0 Å². The standard InChI is InChI=1S/C19H25ClN4O4S2/c1-5-24(12-17(25)22-16-10-14(20)7-6-13(16)2)19(26)21-11-15-8-9-18(29-15)30(27,28)23(3)4/h6-10H,5,11-12H2,1-4H3,(H,21,26)(H,22,25). The number of nitrogens with one attached hydrogen (secondary N) is 2. The first kappa shape index (κ1) is 24.1. The number of carbonyl (C=O) groups is 2. The fourth-order valence-electron chi connectivity index (χ4n) is 2.47. The summed E-state index contributed by atoms with van der Waals surface area (Å²) in [5, 5.41) is 5.99. The molecule has 0 radical (unpaired) electrons. The minimum atomic E-state index is -3.50. The quantitative estimate of drug-likeness (QED) is 0.616. The number of aryl methyl sites for hydroxylation is 1. The highest BCUT2D eigenvalue weighted by molar-refractivity contribution is 7.91. The average Bonchev–Trinajstić information content (AvgIpc) is 3.16. The number of hydrogen-bond donors (Lipinski definition) is 2. The van der Waals surface area contributed by atoms with Gasteiger partial charge >= 0.3 is 6.03 Å². The molecule has 1 heterocycles. The zero-order chi connectivity index (χ0) is 22.5. The van der Waals surface area contributed by atoms with Crippen LogP contribution in [0.1, 0.15) is 17.4 Å². The molecule has 0 aliphatic carbocycles. The van der Waals surface area contributed by atoms with Crippen molar-refractivity contribution in [3.8, 4) is 0 Å². The SMILES string of the molecule is CCN(CC(=O)Nc1cc(Cl)ccc1C)C(=O)NCc1ccc(S(=O)(=O)N(C)C)s1. The zero-order valence-corrected chi connectivity index (χ0v) is 19.6. The van der Waals surface area contributed by atoms with E-state index in [0.29, 0.717) is 22.1 Å². The van der Waals surface area contributed by atoms with Gasteiger partial charge in [0.2, 0.25) is 5.91 Å². The van der Waals surface area contributed by atoms with Gasteiger partial charge in [-0.25, -0.2) is 17.5 Å². The van der Waals surface area contributed by atoms with Crippen LogP contribution in [0.15, 0.2) is 34.5 Å². The number of carbonyl (C=O) groups excluding carboxylic acids is 2. The lowest BCUT2D eigenvalue weighted by Crippen LogP contribution is -2.43. The molecule has 11 heteroatoms. The maximum atomic E-state index is 12.5. The highest BCUT2D eigenvalue weighted by Gasteiger charge is 2.20. The molecule has 164 valence electrons. The van der Waals surface area contributed by atoms with E-state index in [9.17, 15) is 18.0 Å². The second kappa shape index (κ2) is 10.3. The Morgan fingerprint density at radius 1 is 1.17 bits per heavy atom. The predicted molar refractivity (Wildman–Crippen MR) is 119 cm³/mol. The number of sulfonamides is 1. The molecular formula is C19H25ClN4O4S2. The first-order valence-electron chi connectivity index (χ1n) is 9.14. The second-order valence-electron chi connectivity index (χ2n) is 6.69. The van der Waals surface area contributed by atoms with E-state index in [4.69, 9.17) is 11.6 Å². The van der Waals surface area contributed by atoms with Crippen LogP contribution >= 0.6 is 22.9 Å². The van der Waals surface area contributed by atoms with Crippen LogP contribution in [-0.2, 0) is 21.4 Å². The van der Waals surface area contributed by atoms with E-state index in [1.165, 1.54) is 25.1 Å². The van der Waals surface area contributed by atoms with Gasteiger partial charge in [0.05, 0.1) is 6.54 Å². The van der Waals surface area contributed by atoms with Gasteiger partial charge < -0.3 is 15.5 Å². The van der Waals surface area contributed by atoms with E-state index in [2.05, 4.69) is 10.6 Å². The lowest BCUT2D eigenvalue weighted by molar-refractivity contribution is -0.116. The molecule has 0 atom stereocenters. The molecule has 3 amide bonds. The Kier molecular flexibility index (Phi) is 8.25. The normalized spacial score (nSPS) is 11.4. The van der Waals surface area contributed by atoms with Gasteiger partial charge in [0.15, 0.2) is 0 Å². The maximum absolute atomic E-state index is 12.5. The van der Waals surface area contributed by atoms with Crippen molar-refractivity contribution in [3.05, 3.63) is 45.8 Å². The molecule has 0 bridgehead atoms. The average molecular weight is 473 g/mol. The van der Waals surface area contributed by atoms with Gasteiger partial charge in [-0.2, -0.15) is 0 Å². The fourth-order valence-corrected chi connectivity index (χ4v) is 5.10. The molecule has 2 N–H and O–H groups in total. The fraction of sp³-hybridized carbons (Fsp3) is 0.368. The van der Waals surface area contributed by atoms with Crippen LogP contribution in [0.2, 0.25) is 5.02 Å². The summed E-state index contributed by atoms with van der Waals surface area (Å²) in [6.07, 6.45) is 0. The minimum Gasteiger partial charge on any atom is -0.333 e. The van der Waals surface area contributed by atoms with Crippen LogP contribution in [0.3, 0.4) is 0 Å². The van der Waals surface area contributed by atoms with Crippen molar-refractivity contribution in [2.24, 2.45) is 0 Å². The number of urea groups is 1. The first-order chi connectivity index (χ1) is 14.0. The Balaban J connectivity index is 1.94. The van der Waals surface area contributed by atoms with E-state index in [-0.39, 0.29) is 23.2 Å².